The highest BCUT2D eigenvalue weighted by Crippen LogP contribution is 2.30. The predicted octanol–water partition coefficient (Wildman–Crippen LogP) is 4.87. The number of aromatic nitrogens is 4. The molecule has 0 aliphatic heterocycles. The van der Waals surface area contributed by atoms with E-state index in [1.807, 2.05) is 60.0 Å². The molecule has 9 heteroatoms. The number of carbonyl (C=O) groups excluding carboxylic acids is 1. The Balaban J connectivity index is 1.43. The number of nitrogens with one attached hydrogen (secondary N) is 1. The summed E-state index contributed by atoms with van der Waals surface area (Å²) in [5.41, 5.74) is 1.80. The largest absolute Gasteiger partial charge is 0.494 e. The molecule has 0 atom stereocenters. The average molecular weight is 452 g/mol. The van der Waals surface area contributed by atoms with Crippen molar-refractivity contribution in [3.8, 4) is 17.1 Å². The summed E-state index contributed by atoms with van der Waals surface area (Å²) in [6, 6.07) is 15.5. The van der Waals surface area contributed by atoms with Gasteiger partial charge in [-0.05, 0) is 25.1 Å². The molecule has 1 N–H and O–H groups in total. The van der Waals surface area contributed by atoms with Gasteiger partial charge in [0.15, 0.2) is 16.1 Å². The van der Waals surface area contributed by atoms with Gasteiger partial charge in [0.05, 0.1) is 22.6 Å². The molecule has 0 saturated carbocycles. The van der Waals surface area contributed by atoms with Gasteiger partial charge >= 0.3 is 0 Å². The Bertz CT molecular complexity index is 1200. The number of hydrogen-bond donors (Lipinski definition) is 1. The summed E-state index contributed by atoms with van der Waals surface area (Å²) < 4.78 is 8.44. The summed E-state index contributed by atoms with van der Waals surface area (Å²) in [7, 11) is 0. The Morgan fingerprint density at radius 1 is 1.26 bits per heavy atom. The van der Waals surface area contributed by atoms with Crippen LogP contribution < -0.4 is 10.1 Å². The highest BCUT2D eigenvalue weighted by molar-refractivity contribution is 7.99. The van der Waals surface area contributed by atoms with Crippen molar-refractivity contribution in [1.82, 2.24) is 19.7 Å². The van der Waals surface area contributed by atoms with E-state index in [1.165, 1.54) is 23.1 Å². The fraction of sp³-hybridized carbons (Fsp3) is 0.182. The van der Waals surface area contributed by atoms with Crippen molar-refractivity contribution in [2.75, 3.05) is 17.7 Å². The molecule has 7 nitrogen and oxygen atoms in total. The maximum Gasteiger partial charge on any atom is 0.236 e. The molecule has 1 amide bonds. The van der Waals surface area contributed by atoms with Gasteiger partial charge < -0.3 is 10.1 Å². The molecule has 2 aromatic heterocycles. The third-order valence-corrected chi connectivity index (χ3v) is 6.21. The molecule has 4 aromatic rings. The molecule has 0 saturated heterocycles. The molecule has 31 heavy (non-hydrogen) atoms. The number of rotatable bonds is 9. The average Bonchev–Trinajstić information content (AvgIpc) is 3.36. The molecule has 2 aromatic carbocycles. The fourth-order valence-electron chi connectivity index (χ4n) is 2.99. The van der Waals surface area contributed by atoms with Crippen LogP contribution in [0.15, 0.2) is 66.3 Å². The standard InChI is InChI=1S/C22H21N5O2S2/c1-3-12-27-20(15-8-6-5-7-9-15)25-26-22(27)30-14-19(28)24-21-23-17-11-10-16(29-4-2)13-18(17)31-21/h3,5-11,13H,1,4,12,14H2,2H3,(H,23,24,28). The molecule has 0 radical (unpaired) electrons. The molecule has 158 valence electrons. The number of allylic oxidation sites excluding steroid dienone is 1. The second kappa shape index (κ2) is 9.76. The van der Waals surface area contributed by atoms with Gasteiger partial charge in [-0.15, -0.1) is 16.8 Å². The van der Waals surface area contributed by atoms with Crippen LogP contribution in [0.4, 0.5) is 5.13 Å². The Kier molecular flexibility index (Phi) is 6.63. The molecule has 0 unspecified atom stereocenters. The minimum absolute atomic E-state index is 0.150. The first-order valence-corrected chi connectivity index (χ1v) is 11.5. The van der Waals surface area contributed by atoms with Crippen LogP contribution in [0.3, 0.4) is 0 Å². The van der Waals surface area contributed by atoms with Crippen molar-refractivity contribution in [2.24, 2.45) is 0 Å². The zero-order valence-electron chi connectivity index (χ0n) is 16.9. The maximum atomic E-state index is 12.5. The Morgan fingerprint density at radius 3 is 2.87 bits per heavy atom. The van der Waals surface area contributed by atoms with Gasteiger partial charge in [0.25, 0.3) is 0 Å². The zero-order valence-corrected chi connectivity index (χ0v) is 18.6. The van der Waals surface area contributed by atoms with Crippen molar-refractivity contribution >= 4 is 44.4 Å². The lowest BCUT2D eigenvalue weighted by molar-refractivity contribution is -0.113. The third-order valence-electron chi connectivity index (χ3n) is 4.31. The molecule has 0 aliphatic rings. The monoisotopic (exact) mass is 451 g/mol. The lowest BCUT2D eigenvalue weighted by atomic mass is 10.2. The summed E-state index contributed by atoms with van der Waals surface area (Å²) in [5, 5.41) is 12.7. The molecular weight excluding hydrogens is 430 g/mol. The van der Waals surface area contributed by atoms with E-state index in [0.717, 1.165) is 27.4 Å². The second-order valence-electron chi connectivity index (χ2n) is 6.49. The van der Waals surface area contributed by atoms with Crippen molar-refractivity contribution in [3.63, 3.8) is 0 Å². The SMILES string of the molecule is C=CCn1c(SCC(=O)Nc2nc3ccc(OCC)cc3s2)nnc1-c1ccccc1. The predicted molar refractivity (Wildman–Crippen MR) is 126 cm³/mol. The number of amides is 1. The molecule has 0 bridgehead atoms. The van der Waals surface area contributed by atoms with Crippen LogP contribution in [-0.4, -0.2) is 38.0 Å². The summed E-state index contributed by atoms with van der Waals surface area (Å²) in [6.45, 7) is 6.93. The second-order valence-corrected chi connectivity index (χ2v) is 8.46. The van der Waals surface area contributed by atoms with Gasteiger partial charge in [-0.25, -0.2) is 4.98 Å². The first-order valence-electron chi connectivity index (χ1n) is 9.73. The van der Waals surface area contributed by atoms with E-state index >= 15 is 0 Å². The van der Waals surface area contributed by atoms with Gasteiger partial charge in [-0.3, -0.25) is 9.36 Å². The van der Waals surface area contributed by atoms with Crippen molar-refractivity contribution < 1.29 is 9.53 Å². The number of ether oxygens (including phenoxy) is 1. The minimum Gasteiger partial charge on any atom is -0.494 e. The number of thiazole rings is 1. The van der Waals surface area contributed by atoms with E-state index in [-0.39, 0.29) is 11.7 Å². The van der Waals surface area contributed by atoms with Gasteiger partial charge in [0.2, 0.25) is 5.91 Å². The number of hydrogen-bond acceptors (Lipinski definition) is 7. The summed E-state index contributed by atoms with van der Waals surface area (Å²) >= 11 is 2.75. The van der Waals surface area contributed by atoms with Crippen LogP contribution in [-0.2, 0) is 11.3 Å². The highest BCUT2D eigenvalue weighted by Gasteiger charge is 2.15. The molecule has 0 aliphatic carbocycles. The molecule has 2 heterocycles. The fourth-order valence-corrected chi connectivity index (χ4v) is 4.65. The third kappa shape index (κ3) is 4.95. The summed E-state index contributed by atoms with van der Waals surface area (Å²) in [5.74, 6) is 1.59. The summed E-state index contributed by atoms with van der Waals surface area (Å²) in [4.78, 5) is 17.0. The van der Waals surface area contributed by atoms with E-state index < -0.39 is 0 Å². The van der Waals surface area contributed by atoms with Crippen LogP contribution in [0.1, 0.15) is 6.92 Å². The van der Waals surface area contributed by atoms with Gasteiger partial charge in [-0.2, -0.15) is 0 Å². The van der Waals surface area contributed by atoms with Crippen LogP contribution in [0.5, 0.6) is 5.75 Å². The minimum atomic E-state index is -0.150. The zero-order chi connectivity index (χ0) is 21.6. The van der Waals surface area contributed by atoms with E-state index in [0.29, 0.717) is 23.4 Å². The van der Waals surface area contributed by atoms with Crippen LogP contribution in [0.2, 0.25) is 0 Å². The lowest BCUT2D eigenvalue weighted by Gasteiger charge is -2.07. The van der Waals surface area contributed by atoms with Crippen LogP contribution in [0.25, 0.3) is 21.6 Å². The smallest absolute Gasteiger partial charge is 0.236 e. The first kappa shape index (κ1) is 21.1. The van der Waals surface area contributed by atoms with Gasteiger partial charge in [0, 0.05) is 12.1 Å². The van der Waals surface area contributed by atoms with Crippen LogP contribution >= 0.6 is 23.1 Å². The van der Waals surface area contributed by atoms with Gasteiger partial charge in [-0.1, -0.05) is 59.5 Å². The van der Waals surface area contributed by atoms with Crippen LogP contribution in [0, 0.1) is 0 Å². The molecule has 4 rings (SSSR count). The molecule has 0 spiro atoms. The van der Waals surface area contributed by atoms with Crippen molar-refractivity contribution in [2.45, 2.75) is 18.6 Å². The lowest BCUT2D eigenvalue weighted by Crippen LogP contribution is -2.14. The first-order chi connectivity index (χ1) is 15.2. The number of nitrogens with zero attached hydrogens (tertiary/aromatic N) is 4. The van der Waals surface area contributed by atoms with E-state index in [9.17, 15) is 4.79 Å². The van der Waals surface area contributed by atoms with Crippen molar-refractivity contribution in [1.29, 1.82) is 0 Å². The normalized spacial score (nSPS) is 10.9. The highest BCUT2D eigenvalue weighted by atomic mass is 32.2. The number of anilines is 1. The van der Waals surface area contributed by atoms with Crippen molar-refractivity contribution in [3.05, 3.63) is 61.2 Å². The van der Waals surface area contributed by atoms with Gasteiger partial charge in [0.1, 0.15) is 5.75 Å². The van der Waals surface area contributed by atoms with E-state index in [1.54, 1.807) is 6.08 Å². The number of thioether (sulfide) groups is 1. The van der Waals surface area contributed by atoms with E-state index in [4.69, 9.17) is 4.74 Å². The maximum absolute atomic E-state index is 12.5. The Morgan fingerprint density at radius 2 is 2.10 bits per heavy atom. The van der Waals surface area contributed by atoms with E-state index in [2.05, 4.69) is 27.1 Å². The summed E-state index contributed by atoms with van der Waals surface area (Å²) in [6.07, 6.45) is 1.79. The Labute approximate surface area is 188 Å². The molecular formula is C22H21N5O2S2. The number of benzene rings is 2. The number of fused-ring (bicyclic) bond motifs is 1. The Hall–Kier alpha value is -3.17. The molecule has 0 fully saturated rings. The number of carbonyl (C=O) groups is 1. The topological polar surface area (TPSA) is 81.9 Å². The quantitative estimate of drug-likeness (QED) is 0.289.